The number of carbonyl (C=O) groups excluding carboxylic acids is 1. The molecule has 2 heterocycles. The molecule has 30 heavy (non-hydrogen) atoms. The molecule has 3 aromatic rings. The number of aromatic nitrogens is 1. The Morgan fingerprint density at radius 2 is 1.93 bits per heavy atom. The fourth-order valence-corrected chi connectivity index (χ4v) is 4.20. The molecular weight excluding hydrogens is 402 g/mol. The zero-order valence-corrected chi connectivity index (χ0v) is 17.2. The molecule has 5 rings (SSSR count). The normalized spacial score (nSPS) is 15.7. The van der Waals surface area contributed by atoms with Gasteiger partial charge < -0.3 is 14.2 Å². The number of ketones is 1. The van der Waals surface area contributed by atoms with E-state index in [1.807, 2.05) is 54.6 Å². The second-order valence-corrected chi connectivity index (χ2v) is 8.02. The van der Waals surface area contributed by atoms with Gasteiger partial charge in [0.1, 0.15) is 11.5 Å². The first-order valence-corrected chi connectivity index (χ1v) is 10.2. The lowest BCUT2D eigenvalue weighted by Gasteiger charge is -2.15. The van der Waals surface area contributed by atoms with E-state index in [-0.39, 0.29) is 19.0 Å². The molecule has 2 aliphatic rings. The molecule has 1 aliphatic heterocycles. The van der Waals surface area contributed by atoms with Crippen molar-refractivity contribution >= 4 is 17.4 Å². The summed E-state index contributed by atoms with van der Waals surface area (Å²) in [4.78, 5) is 17.9. The molecule has 6 heteroatoms. The molecule has 1 aliphatic carbocycles. The minimum Gasteiger partial charge on any atom is -0.495 e. The summed E-state index contributed by atoms with van der Waals surface area (Å²) in [5.41, 5.74) is 2.96. The molecule has 0 N–H and O–H groups in total. The van der Waals surface area contributed by atoms with E-state index in [1.165, 1.54) is 0 Å². The van der Waals surface area contributed by atoms with Gasteiger partial charge in [-0.05, 0) is 60.9 Å². The number of carbonyl (C=O) groups is 1. The Kier molecular flexibility index (Phi) is 4.63. The summed E-state index contributed by atoms with van der Waals surface area (Å²) >= 11 is 6.25. The van der Waals surface area contributed by atoms with Crippen LogP contribution in [0.2, 0.25) is 5.02 Å². The number of hydrogen-bond donors (Lipinski definition) is 0. The molecule has 0 radical (unpaired) electrons. The number of benzene rings is 2. The number of pyridine rings is 1. The number of Topliss-reactive ketones (excluding diaryl/α,β-unsaturated/α-hetero) is 1. The van der Waals surface area contributed by atoms with E-state index in [9.17, 15) is 4.79 Å². The Morgan fingerprint density at radius 1 is 1.10 bits per heavy atom. The minimum atomic E-state index is -0.442. The number of halogens is 1. The monoisotopic (exact) mass is 421 g/mol. The van der Waals surface area contributed by atoms with Crippen molar-refractivity contribution in [1.29, 1.82) is 0 Å². The molecule has 0 atom stereocenters. The molecule has 2 aromatic carbocycles. The molecule has 0 unspecified atom stereocenters. The highest BCUT2D eigenvalue weighted by atomic mass is 35.5. The van der Waals surface area contributed by atoms with Crippen LogP contribution in [0, 0.1) is 0 Å². The van der Waals surface area contributed by atoms with Crippen LogP contribution in [0.15, 0.2) is 54.6 Å². The van der Waals surface area contributed by atoms with E-state index in [1.54, 1.807) is 7.11 Å². The third-order valence-corrected chi connectivity index (χ3v) is 6.10. The van der Waals surface area contributed by atoms with E-state index >= 15 is 0 Å². The van der Waals surface area contributed by atoms with Gasteiger partial charge in [-0.3, -0.25) is 9.78 Å². The predicted octanol–water partition coefficient (Wildman–Crippen LogP) is 4.98. The summed E-state index contributed by atoms with van der Waals surface area (Å²) < 4.78 is 16.1. The number of hydrogen-bond acceptors (Lipinski definition) is 5. The van der Waals surface area contributed by atoms with Crippen LogP contribution in [0.3, 0.4) is 0 Å². The lowest BCUT2D eigenvalue weighted by molar-refractivity contribution is -0.120. The second kappa shape index (κ2) is 7.33. The Labute approximate surface area is 179 Å². The Hall–Kier alpha value is -3.05. The smallest absolute Gasteiger partial charge is 0.231 e. The average Bonchev–Trinajstić information content (AvgIpc) is 3.45. The van der Waals surface area contributed by atoms with E-state index in [2.05, 4.69) is 0 Å². The minimum absolute atomic E-state index is 0.179. The zero-order valence-electron chi connectivity index (χ0n) is 16.5. The van der Waals surface area contributed by atoms with Crippen molar-refractivity contribution in [2.75, 3.05) is 13.9 Å². The first kappa shape index (κ1) is 18.9. The van der Waals surface area contributed by atoms with Crippen molar-refractivity contribution in [3.8, 4) is 28.5 Å². The third kappa shape index (κ3) is 3.29. The summed E-state index contributed by atoms with van der Waals surface area (Å²) in [5, 5.41) is 0.526. The highest BCUT2D eigenvalue weighted by Gasteiger charge is 2.50. The highest BCUT2D eigenvalue weighted by molar-refractivity contribution is 6.32. The Morgan fingerprint density at radius 3 is 2.70 bits per heavy atom. The first-order valence-electron chi connectivity index (χ1n) is 9.82. The number of fused-ring (bicyclic) bond motifs is 1. The van der Waals surface area contributed by atoms with Crippen molar-refractivity contribution in [2.24, 2.45) is 0 Å². The SMILES string of the molecule is COc1ccc(-c2cccc(CC(=O)C3(c4ccc5c(c4)OCO5)CC3)n2)cc1Cl. The van der Waals surface area contributed by atoms with E-state index in [4.69, 9.17) is 30.8 Å². The number of ether oxygens (including phenoxy) is 3. The van der Waals surface area contributed by atoms with Gasteiger partial charge in [0.25, 0.3) is 0 Å². The van der Waals surface area contributed by atoms with Crippen molar-refractivity contribution in [3.63, 3.8) is 0 Å². The molecule has 0 amide bonds. The standard InChI is InChI=1S/C24H20ClNO4/c1-28-20-7-5-15(11-18(20)25)19-4-2-3-17(26-19)13-23(27)24(9-10-24)16-6-8-21-22(12-16)30-14-29-21/h2-8,11-12H,9-10,13-14H2,1H3. The molecule has 1 saturated carbocycles. The van der Waals surface area contributed by atoms with Crippen LogP contribution in [-0.2, 0) is 16.6 Å². The van der Waals surface area contributed by atoms with Gasteiger partial charge in [0.15, 0.2) is 11.5 Å². The maximum Gasteiger partial charge on any atom is 0.231 e. The third-order valence-electron chi connectivity index (χ3n) is 5.80. The van der Waals surface area contributed by atoms with Crippen molar-refractivity contribution in [1.82, 2.24) is 4.98 Å². The number of rotatable bonds is 6. The largest absolute Gasteiger partial charge is 0.495 e. The van der Waals surface area contributed by atoms with Crippen LogP contribution in [0.1, 0.15) is 24.1 Å². The summed E-state index contributed by atoms with van der Waals surface area (Å²) in [5.74, 6) is 2.24. The molecule has 1 fully saturated rings. The fraction of sp³-hybridized carbons (Fsp3) is 0.250. The van der Waals surface area contributed by atoms with E-state index in [0.29, 0.717) is 16.5 Å². The van der Waals surface area contributed by atoms with E-state index in [0.717, 1.165) is 41.1 Å². The van der Waals surface area contributed by atoms with Crippen LogP contribution in [0.25, 0.3) is 11.3 Å². The summed E-state index contributed by atoms with van der Waals surface area (Å²) in [6.45, 7) is 0.228. The average molecular weight is 422 g/mol. The van der Waals surface area contributed by atoms with Gasteiger partial charge in [-0.15, -0.1) is 0 Å². The topological polar surface area (TPSA) is 57.7 Å². The van der Waals surface area contributed by atoms with Crippen LogP contribution in [0.5, 0.6) is 17.2 Å². The van der Waals surface area contributed by atoms with Crippen LogP contribution < -0.4 is 14.2 Å². The molecule has 0 saturated heterocycles. The summed E-state index contributed by atoms with van der Waals surface area (Å²) in [6, 6.07) is 17.1. The van der Waals surface area contributed by atoms with Gasteiger partial charge in [0.2, 0.25) is 6.79 Å². The first-order chi connectivity index (χ1) is 14.6. The Balaban J connectivity index is 1.38. The number of methoxy groups -OCH3 is 1. The quantitative estimate of drug-likeness (QED) is 0.561. The summed E-state index contributed by atoms with van der Waals surface area (Å²) in [7, 11) is 1.58. The molecule has 0 spiro atoms. The van der Waals surface area contributed by atoms with Gasteiger partial charge >= 0.3 is 0 Å². The highest BCUT2D eigenvalue weighted by Crippen LogP contribution is 2.51. The van der Waals surface area contributed by atoms with Gasteiger partial charge in [0.05, 0.1) is 23.2 Å². The number of nitrogens with zero attached hydrogens (tertiary/aromatic N) is 1. The zero-order chi connectivity index (χ0) is 20.7. The lowest BCUT2D eigenvalue weighted by atomic mass is 9.88. The van der Waals surface area contributed by atoms with Crippen LogP contribution in [-0.4, -0.2) is 24.7 Å². The Bertz CT molecular complexity index is 1140. The maximum absolute atomic E-state index is 13.2. The molecule has 0 bridgehead atoms. The second-order valence-electron chi connectivity index (χ2n) is 7.61. The van der Waals surface area contributed by atoms with Crippen molar-refractivity contribution in [2.45, 2.75) is 24.7 Å². The van der Waals surface area contributed by atoms with Gasteiger partial charge in [-0.2, -0.15) is 0 Å². The molecule has 1 aromatic heterocycles. The molecule has 152 valence electrons. The summed E-state index contributed by atoms with van der Waals surface area (Å²) in [6.07, 6.45) is 1.98. The van der Waals surface area contributed by atoms with Crippen LogP contribution >= 0.6 is 11.6 Å². The van der Waals surface area contributed by atoms with Gasteiger partial charge in [-0.25, -0.2) is 0 Å². The van der Waals surface area contributed by atoms with Crippen LogP contribution in [0.4, 0.5) is 0 Å². The maximum atomic E-state index is 13.2. The lowest BCUT2D eigenvalue weighted by Crippen LogP contribution is -2.23. The van der Waals surface area contributed by atoms with E-state index < -0.39 is 5.41 Å². The fourth-order valence-electron chi connectivity index (χ4n) is 3.95. The predicted molar refractivity (Wildman–Crippen MR) is 113 cm³/mol. The van der Waals surface area contributed by atoms with Gasteiger partial charge in [-0.1, -0.05) is 23.7 Å². The van der Waals surface area contributed by atoms with Crippen molar-refractivity contribution in [3.05, 3.63) is 70.9 Å². The molecule has 5 nitrogen and oxygen atoms in total. The van der Waals surface area contributed by atoms with Crippen molar-refractivity contribution < 1.29 is 19.0 Å². The molecular formula is C24H20ClNO4. The van der Waals surface area contributed by atoms with Gasteiger partial charge in [0, 0.05) is 17.7 Å².